The van der Waals surface area contributed by atoms with E-state index >= 15 is 0 Å². The smallest absolute Gasteiger partial charge is 0.306 e. The first kappa shape index (κ1) is 45.4. The normalized spacial score (nSPS) is 11.8. The lowest BCUT2D eigenvalue weighted by atomic mass is 10.0. The van der Waals surface area contributed by atoms with Crippen LogP contribution in [0.1, 0.15) is 226 Å². The van der Waals surface area contributed by atoms with Crippen molar-refractivity contribution in [3.63, 3.8) is 0 Å². The van der Waals surface area contributed by atoms with Crippen molar-refractivity contribution in [3.8, 4) is 0 Å². The van der Waals surface area contributed by atoms with E-state index in [0.717, 1.165) is 64.2 Å². The molecule has 47 heavy (non-hydrogen) atoms. The summed E-state index contributed by atoms with van der Waals surface area (Å²) in [7, 11) is 0. The molecule has 0 aliphatic carbocycles. The van der Waals surface area contributed by atoms with Crippen molar-refractivity contribution in [2.45, 2.75) is 232 Å². The number of unbranched alkanes of at least 4 members (excludes halogenated alkanes) is 26. The zero-order valence-corrected chi connectivity index (χ0v) is 31.6. The first-order chi connectivity index (χ1) is 23.0. The van der Waals surface area contributed by atoms with Crippen molar-refractivity contribution >= 4 is 17.9 Å². The summed E-state index contributed by atoms with van der Waals surface area (Å²) in [6.45, 7) is 6.51. The molecule has 0 aromatic heterocycles. The van der Waals surface area contributed by atoms with Crippen LogP contribution < -0.4 is 0 Å². The van der Waals surface area contributed by atoms with Crippen molar-refractivity contribution in [2.24, 2.45) is 0 Å². The van der Waals surface area contributed by atoms with Crippen LogP contribution in [0.3, 0.4) is 0 Å². The predicted octanol–water partition coefficient (Wildman–Crippen LogP) is 12.5. The van der Waals surface area contributed by atoms with Gasteiger partial charge < -0.3 is 14.2 Å². The van der Waals surface area contributed by atoms with Crippen molar-refractivity contribution in [3.05, 3.63) is 0 Å². The summed E-state index contributed by atoms with van der Waals surface area (Å²) in [5, 5.41) is 0. The molecule has 0 rings (SSSR count). The van der Waals surface area contributed by atoms with E-state index in [0.29, 0.717) is 19.3 Å². The van der Waals surface area contributed by atoms with Gasteiger partial charge in [0.05, 0.1) is 0 Å². The Hall–Kier alpha value is -1.59. The van der Waals surface area contributed by atoms with Gasteiger partial charge in [0.25, 0.3) is 0 Å². The van der Waals surface area contributed by atoms with E-state index in [9.17, 15) is 14.4 Å². The number of hydrogen-bond acceptors (Lipinski definition) is 6. The summed E-state index contributed by atoms with van der Waals surface area (Å²) >= 11 is 0. The largest absolute Gasteiger partial charge is 0.462 e. The molecule has 0 aromatic rings. The predicted molar refractivity (Wildman–Crippen MR) is 197 cm³/mol. The third kappa shape index (κ3) is 35.5. The highest BCUT2D eigenvalue weighted by molar-refractivity contribution is 5.71. The van der Waals surface area contributed by atoms with E-state index < -0.39 is 6.10 Å². The Morgan fingerprint density at radius 1 is 0.340 bits per heavy atom. The van der Waals surface area contributed by atoms with Gasteiger partial charge in [0, 0.05) is 19.3 Å². The van der Waals surface area contributed by atoms with Gasteiger partial charge in [-0.3, -0.25) is 14.4 Å². The molecule has 0 saturated heterocycles. The summed E-state index contributed by atoms with van der Waals surface area (Å²) in [6.07, 6.45) is 35.6. The van der Waals surface area contributed by atoms with Gasteiger partial charge in [-0.05, 0) is 19.3 Å². The lowest BCUT2D eigenvalue weighted by molar-refractivity contribution is -0.167. The number of carbonyl (C=O) groups is 3. The van der Waals surface area contributed by atoms with Crippen LogP contribution >= 0.6 is 0 Å². The molecule has 0 N–H and O–H groups in total. The lowest BCUT2D eigenvalue weighted by Crippen LogP contribution is -2.30. The molecule has 6 heteroatoms. The standard InChI is InChI=1S/C41H78O6/c1-4-7-10-13-15-16-17-18-19-20-21-22-23-24-26-28-31-34-40(43)46-37-38(36-45-39(42)33-30-27-12-9-6-3)47-41(44)35-32-29-25-14-11-8-5-2/h38H,4-37H2,1-3H3/t38-/m1/s1. The molecular weight excluding hydrogens is 588 g/mol. The summed E-state index contributed by atoms with van der Waals surface area (Å²) < 4.78 is 16.5. The van der Waals surface area contributed by atoms with E-state index in [1.165, 1.54) is 122 Å². The molecule has 0 spiro atoms. The molecular formula is C41H78O6. The monoisotopic (exact) mass is 667 g/mol. The van der Waals surface area contributed by atoms with Crippen LogP contribution in [0.4, 0.5) is 0 Å². The summed E-state index contributed by atoms with van der Waals surface area (Å²) in [5.41, 5.74) is 0. The topological polar surface area (TPSA) is 78.9 Å². The molecule has 0 aliphatic heterocycles. The number of carbonyl (C=O) groups excluding carboxylic acids is 3. The molecule has 0 fully saturated rings. The van der Waals surface area contributed by atoms with Gasteiger partial charge in [0.2, 0.25) is 0 Å². The van der Waals surface area contributed by atoms with Gasteiger partial charge >= 0.3 is 17.9 Å². The van der Waals surface area contributed by atoms with E-state index in [1.54, 1.807) is 0 Å². The van der Waals surface area contributed by atoms with Gasteiger partial charge in [0.1, 0.15) is 13.2 Å². The van der Waals surface area contributed by atoms with E-state index in [1.807, 2.05) is 0 Å². The van der Waals surface area contributed by atoms with Crippen molar-refractivity contribution in [2.75, 3.05) is 13.2 Å². The van der Waals surface area contributed by atoms with Gasteiger partial charge in [-0.15, -0.1) is 0 Å². The Morgan fingerprint density at radius 3 is 0.851 bits per heavy atom. The van der Waals surface area contributed by atoms with Crippen LogP contribution in [0.5, 0.6) is 0 Å². The molecule has 0 heterocycles. The highest BCUT2D eigenvalue weighted by Crippen LogP contribution is 2.15. The van der Waals surface area contributed by atoms with Crippen molar-refractivity contribution in [1.82, 2.24) is 0 Å². The molecule has 278 valence electrons. The first-order valence-corrected chi connectivity index (χ1v) is 20.5. The second-order valence-electron chi connectivity index (χ2n) is 13.9. The van der Waals surface area contributed by atoms with Crippen LogP contribution in [-0.4, -0.2) is 37.2 Å². The lowest BCUT2D eigenvalue weighted by Gasteiger charge is -2.18. The summed E-state index contributed by atoms with van der Waals surface area (Å²) in [6, 6.07) is 0. The minimum Gasteiger partial charge on any atom is -0.462 e. The molecule has 0 unspecified atom stereocenters. The zero-order chi connectivity index (χ0) is 34.5. The SMILES string of the molecule is CCCCCCCCCCCCCCCCCCCC(=O)OC[C@@H](COC(=O)CCCCCCC)OC(=O)CCCCCCCCC. The fraction of sp³-hybridized carbons (Fsp3) is 0.927. The van der Waals surface area contributed by atoms with Gasteiger partial charge in [0.15, 0.2) is 6.10 Å². The number of rotatable bonds is 37. The third-order valence-electron chi connectivity index (χ3n) is 9.11. The van der Waals surface area contributed by atoms with E-state index in [2.05, 4.69) is 20.8 Å². The highest BCUT2D eigenvalue weighted by Gasteiger charge is 2.19. The third-order valence-corrected chi connectivity index (χ3v) is 9.11. The second-order valence-corrected chi connectivity index (χ2v) is 13.9. The first-order valence-electron chi connectivity index (χ1n) is 20.5. The number of ether oxygens (including phenoxy) is 3. The Morgan fingerprint density at radius 2 is 0.574 bits per heavy atom. The number of hydrogen-bond donors (Lipinski definition) is 0. The highest BCUT2D eigenvalue weighted by atomic mass is 16.6. The Balaban J connectivity index is 4.09. The zero-order valence-electron chi connectivity index (χ0n) is 31.6. The molecule has 6 nitrogen and oxygen atoms in total. The average molecular weight is 667 g/mol. The molecule has 0 aliphatic rings. The second kappa shape index (κ2) is 37.2. The quantitative estimate of drug-likeness (QED) is 0.0373. The van der Waals surface area contributed by atoms with Crippen molar-refractivity contribution in [1.29, 1.82) is 0 Å². The Kier molecular flexibility index (Phi) is 36.0. The van der Waals surface area contributed by atoms with E-state index in [-0.39, 0.29) is 31.1 Å². The fourth-order valence-electron chi connectivity index (χ4n) is 5.97. The molecule has 0 amide bonds. The fourth-order valence-corrected chi connectivity index (χ4v) is 5.97. The van der Waals surface area contributed by atoms with E-state index in [4.69, 9.17) is 14.2 Å². The minimum atomic E-state index is -0.754. The summed E-state index contributed by atoms with van der Waals surface area (Å²) in [4.78, 5) is 37.1. The maximum atomic E-state index is 12.5. The van der Waals surface area contributed by atoms with Crippen LogP contribution in [0, 0.1) is 0 Å². The Bertz CT molecular complexity index is 693. The molecule has 0 bridgehead atoms. The van der Waals surface area contributed by atoms with Crippen LogP contribution in [-0.2, 0) is 28.6 Å². The molecule has 1 atom stereocenters. The maximum Gasteiger partial charge on any atom is 0.306 e. The van der Waals surface area contributed by atoms with Crippen LogP contribution in [0.15, 0.2) is 0 Å². The Labute approximate surface area is 291 Å². The minimum absolute atomic E-state index is 0.0651. The van der Waals surface area contributed by atoms with Crippen LogP contribution in [0.2, 0.25) is 0 Å². The molecule has 0 saturated carbocycles. The maximum absolute atomic E-state index is 12.5. The van der Waals surface area contributed by atoms with Gasteiger partial charge in [-0.1, -0.05) is 188 Å². The molecule has 0 aromatic carbocycles. The number of esters is 3. The average Bonchev–Trinajstić information content (AvgIpc) is 3.06. The van der Waals surface area contributed by atoms with Crippen LogP contribution in [0.25, 0.3) is 0 Å². The van der Waals surface area contributed by atoms with Crippen molar-refractivity contribution < 1.29 is 28.6 Å². The summed E-state index contributed by atoms with van der Waals surface area (Å²) in [5.74, 6) is -0.880. The molecule has 0 radical (unpaired) electrons. The van der Waals surface area contributed by atoms with Gasteiger partial charge in [-0.25, -0.2) is 0 Å². The van der Waals surface area contributed by atoms with Gasteiger partial charge in [-0.2, -0.15) is 0 Å².